The monoisotopic (exact) mass is 442 g/mol. The topological polar surface area (TPSA) is 78.9 Å². The van der Waals surface area contributed by atoms with Crippen molar-refractivity contribution in [1.29, 1.82) is 0 Å². The number of anilines is 1. The molecule has 150 valence electrons. The van der Waals surface area contributed by atoms with Gasteiger partial charge in [0, 0.05) is 24.8 Å². The molecule has 1 saturated heterocycles. The van der Waals surface area contributed by atoms with Gasteiger partial charge < -0.3 is 19.5 Å². The summed E-state index contributed by atoms with van der Waals surface area (Å²) in [5.74, 6) is 0.139. The van der Waals surface area contributed by atoms with Crippen LogP contribution >= 0.6 is 23.2 Å². The standard InChI is InChI=1S/C19H20Cl2N2O4S/c1-12(27-17-4-2-3-16(20)18(17)21)19(24)22-13-9-10-23(11-13)14-5-7-15(8-6-14)28(25)26/h2-8,12-13H,9-11H2,1H3,(H,22,24)(H,25,26)/t12-,13+/m1/s1. The molecule has 9 heteroatoms. The highest BCUT2D eigenvalue weighted by Gasteiger charge is 2.26. The van der Waals surface area contributed by atoms with Crippen molar-refractivity contribution in [3.8, 4) is 5.75 Å². The van der Waals surface area contributed by atoms with E-state index in [1.807, 2.05) is 0 Å². The first-order chi connectivity index (χ1) is 13.3. The maximum absolute atomic E-state index is 12.5. The van der Waals surface area contributed by atoms with Crippen molar-refractivity contribution >= 4 is 45.9 Å². The summed E-state index contributed by atoms with van der Waals surface area (Å²) in [5.41, 5.74) is 0.945. The Morgan fingerprint density at radius 3 is 2.68 bits per heavy atom. The zero-order valence-electron chi connectivity index (χ0n) is 15.1. The van der Waals surface area contributed by atoms with Gasteiger partial charge in [-0.25, -0.2) is 4.21 Å². The number of benzene rings is 2. The Bertz CT molecular complexity index is 879. The molecule has 28 heavy (non-hydrogen) atoms. The summed E-state index contributed by atoms with van der Waals surface area (Å²) < 4.78 is 25.8. The highest BCUT2D eigenvalue weighted by atomic mass is 35.5. The second-order valence-corrected chi connectivity index (χ2v) is 8.25. The Hall–Kier alpha value is -1.80. The van der Waals surface area contributed by atoms with Crippen LogP contribution in [0.4, 0.5) is 5.69 Å². The number of nitrogens with zero attached hydrogens (tertiary/aromatic N) is 1. The van der Waals surface area contributed by atoms with Crippen LogP contribution in [0.15, 0.2) is 47.4 Å². The molecule has 2 aromatic carbocycles. The molecule has 2 aromatic rings. The van der Waals surface area contributed by atoms with Crippen LogP contribution in [0.1, 0.15) is 13.3 Å². The van der Waals surface area contributed by atoms with Gasteiger partial charge in [0.15, 0.2) is 17.2 Å². The lowest BCUT2D eigenvalue weighted by Gasteiger charge is -2.21. The number of nitrogens with one attached hydrogen (secondary N) is 1. The minimum absolute atomic E-state index is 0.0139. The Morgan fingerprint density at radius 1 is 1.29 bits per heavy atom. The van der Waals surface area contributed by atoms with Crippen LogP contribution in [0.3, 0.4) is 0 Å². The van der Waals surface area contributed by atoms with E-state index in [4.69, 9.17) is 32.5 Å². The molecule has 1 aliphatic heterocycles. The third-order valence-electron chi connectivity index (χ3n) is 4.53. The molecular weight excluding hydrogens is 423 g/mol. The average Bonchev–Trinajstić information content (AvgIpc) is 3.14. The van der Waals surface area contributed by atoms with Gasteiger partial charge in [-0.3, -0.25) is 4.79 Å². The van der Waals surface area contributed by atoms with Crippen molar-refractivity contribution in [1.82, 2.24) is 5.32 Å². The van der Waals surface area contributed by atoms with E-state index < -0.39 is 17.2 Å². The van der Waals surface area contributed by atoms with E-state index in [1.54, 1.807) is 49.4 Å². The first kappa shape index (κ1) is 20.9. The second-order valence-electron chi connectivity index (χ2n) is 6.50. The molecule has 0 saturated carbocycles. The van der Waals surface area contributed by atoms with Crippen molar-refractivity contribution in [3.05, 3.63) is 52.5 Å². The Labute approximate surface area is 176 Å². The van der Waals surface area contributed by atoms with E-state index in [-0.39, 0.29) is 17.0 Å². The summed E-state index contributed by atoms with van der Waals surface area (Å²) >= 11 is 10.1. The highest BCUT2D eigenvalue weighted by molar-refractivity contribution is 7.79. The molecule has 6 nitrogen and oxygen atoms in total. The van der Waals surface area contributed by atoms with Crippen LogP contribution < -0.4 is 15.0 Å². The molecule has 3 rings (SSSR count). The van der Waals surface area contributed by atoms with Gasteiger partial charge in [-0.2, -0.15) is 0 Å². The molecule has 1 amide bonds. The predicted octanol–water partition coefficient (Wildman–Crippen LogP) is 3.74. The molecule has 0 radical (unpaired) electrons. The Kier molecular flexibility index (Phi) is 6.82. The lowest BCUT2D eigenvalue weighted by Crippen LogP contribution is -2.43. The molecular formula is C19H20Cl2N2O4S. The summed E-state index contributed by atoms with van der Waals surface area (Å²) in [4.78, 5) is 14.9. The van der Waals surface area contributed by atoms with Crippen LogP contribution in [-0.4, -0.2) is 39.9 Å². The number of hydrogen-bond acceptors (Lipinski definition) is 4. The van der Waals surface area contributed by atoms with Crippen molar-refractivity contribution in [3.63, 3.8) is 0 Å². The second kappa shape index (κ2) is 9.13. The van der Waals surface area contributed by atoms with E-state index in [9.17, 15) is 9.00 Å². The minimum atomic E-state index is -1.99. The van der Waals surface area contributed by atoms with Gasteiger partial charge >= 0.3 is 0 Å². The van der Waals surface area contributed by atoms with Gasteiger partial charge in [-0.1, -0.05) is 29.3 Å². The fourth-order valence-corrected chi connectivity index (χ4v) is 3.73. The zero-order valence-corrected chi connectivity index (χ0v) is 17.4. The van der Waals surface area contributed by atoms with E-state index in [0.717, 1.165) is 18.7 Å². The summed E-state index contributed by atoms with van der Waals surface area (Å²) in [6, 6.07) is 11.9. The van der Waals surface area contributed by atoms with Crippen LogP contribution in [0.25, 0.3) is 0 Å². The van der Waals surface area contributed by atoms with Gasteiger partial charge in [-0.05, 0) is 49.7 Å². The third-order valence-corrected chi connectivity index (χ3v) is 6.00. The molecule has 3 atom stereocenters. The smallest absolute Gasteiger partial charge is 0.261 e. The first-order valence-electron chi connectivity index (χ1n) is 8.72. The van der Waals surface area contributed by atoms with Gasteiger partial charge in [0.25, 0.3) is 5.91 Å². The number of amides is 1. The molecule has 0 spiro atoms. The van der Waals surface area contributed by atoms with Crippen LogP contribution in [0.2, 0.25) is 10.0 Å². The molecule has 1 aliphatic rings. The molecule has 1 fully saturated rings. The quantitative estimate of drug-likeness (QED) is 0.666. The summed E-state index contributed by atoms with van der Waals surface area (Å²) in [6.45, 7) is 3.09. The molecule has 0 aliphatic carbocycles. The lowest BCUT2D eigenvalue weighted by molar-refractivity contribution is -0.127. The maximum atomic E-state index is 12.5. The zero-order chi connectivity index (χ0) is 20.3. The normalized spacial score (nSPS) is 18.6. The number of hydrogen-bond donors (Lipinski definition) is 2. The predicted molar refractivity (Wildman–Crippen MR) is 111 cm³/mol. The fourth-order valence-electron chi connectivity index (χ4n) is 3.02. The molecule has 0 aromatic heterocycles. The first-order valence-corrected chi connectivity index (χ1v) is 10.6. The average molecular weight is 443 g/mol. The number of carbonyl (C=O) groups is 1. The number of carbonyl (C=O) groups excluding carboxylic acids is 1. The van der Waals surface area contributed by atoms with Crippen molar-refractivity contribution in [2.24, 2.45) is 0 Å². The SMILES string of the molecule is C[C@@H](Oc1cccc(Cl)c1Cl)C(=O)N[C@H]1CCN(c2ccc(S(=O)O)cc2)C1. The van der Waals surface area contributed by atoms with Gasteiger partial charge in [0.1, 0.15) is 10.8 Å². The van der Waals surface area contributed by atoms with E-state index in [1.165, 1.54) is 0 Å². The lowest BCUT2D eigenvalue weighted by atomic mass is 10.2. The van der Waals surface area contributed by atoms with Gasteiger partial charge in [-0.15, -0.1) is 0 Å². The van der Waals surface area contributed by atoms with Gasteiger partial charge in [0.2, 0.25) is 0 Å². The minimum Gasteiger partial charge on any atom is -0.479 e. The molecule has 1 heterocycles. The Balaban J connectivity index is 1.55. The van der Waals surface area contributed by atoms with Crippen LogP contribution in [0.5, 0.6) is 5.75 Å². The number of halogens is 2. The van der Waals surface area contributed by atoms with Crippen LogP contribution in [-0.2, 0) is 15.9 Å². The third kappa shape index (κ3) is 4.97. The van der Waals surface area contributed by atoms with Gasteiger partial charge in [0.05, 0.1) is 9.92 Å². The summed E-state index contributed by atoms with van der Waals surface area (Å²) in [5, 5.41) is 3.64. The Morgan fingerprint density at radius 2 is 2.00 bits per heavy atom. The van der Waals surface area contributed by atoms with E-state index >= 15 is 0 Å². The van der Waals surface area contributed by atoms with Crippen LogP contribution in [0, 0.1) is 0 Å². The van der Waals surface area contributed by atoms with Crippen molar-refractivity contribution in [2.75, 3.05) is 18.0 Å². The van der Waals surface area contributed by atoms with Crippen molar-refractivity contribution < 1.29 is 18.3 Å². The number of ether oxygens (including phenoxy) is 1. The largest absolute Gasteiger partial charge is 0.479 e. The van der Waals surface area contributed by atoms with E-state index in [0.29, 0.717) is 22.2 Å². The molecule has 1 unspecified atom stereocenters. The maximum Gasteiger partial charge on any atom is 0.261 e. The number of rotatable bonds is 6. The fraction of sp³-hybridized carbons (Fsp3) is 0.316. The van der Waals surface area contributed by atoms with E-state index in [2.05, 4.69) is 10.2 Å². The molecule has 2 N–H and O–H groups in total. The highest BCUT2D eigenvalue weighted by Crippen LogP contribution is 2.32. The van der Waals surface area contributed by atoms with Crippen molar-refractivity contribution in [2.45, 2.75) is 30.4 Å². The summed E-state index contributed by atoms with van der Waals surface area (Å²) in [6.07, 6.45) is 0.0770. The molecule has 0 bridgehead atoms. The summed E-state index contributed by atoms with van der Waals surface area (Å²) in [7, 11) is 0.